The van der Waals surface area contributed by atoms with E-state index in [1.165, 1.54) is 31.2 Å². The number of aliphatic carboxylic acids is 1. The fourth-order valence-corrected chi connectivity index (χ4v) is 10.4. The van der Waals surface area contributed by atoms with Gasteiger partial charge in [0, 0.05) is 68.4 Å². The maximum atomic E-state index is 14.4. The summed E-state index contributed by atoms with van der Waals surface area (Å²) in [5, 5.41) is 35.3. The van der Waals surface area contributed by atoms with Crippen LogP contribution in [-0.4, -0.2) is 148 Å². The van der Waals surface area contributed by atoms with Crippen LogP contribution in [0.1, 0.15) is 70.3 Å². The highest BCUT2D eigenvalue weighted by molar-refractivity contribution is 8.76. The molecule has 2 aliphatic rings. The van der Waals surface area contributed by atoms with Crippen molar-refractivity contribution in [1.29, 1.82) is 0 Å². The quantitative estimate of drug-likeness (QED) is 0.0423. The van der Waals surface area contributed by atoms with E-state index in [1.54, 1.807) is 0 Å². The Balaban J connectivity index is 2.14. The van der Waals surface area contributed by atoms with Gasteiger partial charge in [0.1, 0.15) is 17.8 Å². The number of carbonyl (C=O) groups excluding carboxylic acids is 10. The highest BCUT2D eigenvalue weighted by Crippen LogP contribution is 2.27. The molecule has 1 aromatic carbocycles. The second-order valence-electron chi connectivity index (χ2n) is 16.6. The smallest absolute Gasteiger partial charge is 0.304 e. The van der Waals surface area contributed by atoms with Crippen molar-refractivity contribution in [3.05, 3.63) is 29.8 Å². The lowest BCUT2D eigenvalue weighted by Gasteiger charge is -2.25. The maximum Gasteiger partial charge on any atom is 0.304 e. The molecule has 2 bridgehead atoms. The lowest BCUT2D eigenvalue weighted by molar-refractivity contribution is -0.142. The number of phenols is 1. The summed E-state index contributed by atoms with van der Waals surface area (Å²) < 4.78 is 0. The zero-order valence-electron chi connectivity index (χ0n) is 38.2. The summed E-state index contributed by atoms with van der Waals surface area (Å²) in [6, 6.07) is 0.475. The topological polar surface area (TPSA) is 391 Å². The van der Waals surface area contributed by atoms with E-state index in [4.69, 9.17) is 17.2 Å². The first kappa shape index (κ1) is 57.4. The predicted molar refractivity (Wildman–Crippen MR) is 258 cm³/mol. The third-order valence-corrected chi connectivity index (χ3v) is 14.3. The van der Waals surface area contributed by atoms with Gasteiger partial charge in [-0.25, -0.2) is 0 Å². The molecule has 14 N–H and O–H groups in total. The monoisotopic (exact) mass is 1020 g/mol. The van der Waals surface area contributed by atoms with Crippen molar-refractivity contribution < 1.29 is 63.0 Å². The fraction of sp³-hybridized carbons (Fsp3) is 0.581. The Kier molecular flexibility index (Phi) is 24.9. The number of nitrogens with one attached hydrogen (secondary N) is 6. The van der Waals surface area contributed by atoms with Crippen LogP contribution in [0.2, 0.25) is 0 Å². The molecule has 1 aromatic rings. The first-order valence-corrected chi connectivity index (χ1v) is 25.8. The normalized spacial score (nSPS) is 24.4. The van der Waals surface area contributed by atoms with Gasteiger partial charge < -0.3 is 59.3 Å². The molecule has 7 amide bonds. The average Bonchev–Trinajstić information content (AvgIpc) is 3.27. The molecule has 23 nitrogen and oxygen atoms in total. The van der Waals surface area contributed by atoms with Crippen molar-refractivity contribution in [2.24, 2.45) is 39.9 Å². The van der Waals surface area contributed by atoms with E-state index in [1.807, 2.05) is 0 Å². The summed E-state index contributed by atoms with van der Waals surface area (Å²) in [5.41, 5.74) is 17.1. The first-order valence-electron chi connectivity index (χ1n) is 22.2. The number of primary amides is 1. The van der Waals surface area contributed by atoms with Crippen molar-refractivity contribution in [3.8, 4) is 5.75 Å². The predicted octanol–water partition coefficient (Wildman–Crippen LogP) is -1.82. The largest absolute Gasteiger partial charge is 0.508 e. The van der Waals surface area contributed by atoms with Crippen LogP contribution in [0.4, 0.5) is 0 Å². The second-order valence-corrected chi connectivity index (χ2v) is 20.2. The number of carboxylic acids is 1. The number of nitrogens with zero attached hydrogens (tertiary/aromatic N) is 1. The Hall–Kier alpha value is -5.89. The first-order chi connectivity index (χ1) is 32.7. The summed E-state index contributed by atoms with van der Waals surface area (Å²) in [7, 11) is 2.00. The number of aromatic hydroxyl groups is 1. The lowest BCUT2D eigenvalue weighted by atomic mass is 9.90. The van der Waals surface area contributed by atoms with Crippen molar-refractivity contribution in [1.82, 2.24) is 31.9 Å². The Morgan fingerprint density at radius 3 is 1.97 bits per heavy atom. The number of benzene rings is 1. The number of hydrogen-bond donors (Lipinski definition) is 11. The van der Waals surface area contributed by atoms with Crippen LogP contribution in [0.25, 0.3) is 0 Å². The Morgan fingerprint density at radius 2 is 1.36 bits per heavy atom. The number of amides is 7. The number of hydrogen-bond acceptors (Lipinski definition) is 16. The van der Waals surface area contributed by atoms with Crippen LogP contribution in [0.15, 0.2) is 29.3 Å². The zero-order chi connectivity index (χ0) is 51.0. The number of unbranched alkanes of at least 4 members (excludes halogenated alkanes) is 1. The standard InChI is InChI=1S/C43H62N10O13S3/c1-23(54)47-11-3-2-6-30-42(66)52-32-21-69-68-20-31(35(58)16-26(13-24-7-9-28(55)10-8-24)40(64)53-33(38(44)62)19-67-22-36(59)50-30)51-41(65)27(17-37(60)61)14-29(56)18-49-39(63)25(15-34(32)57)5-4-12-48-43(45)46/h7-10,25-27,30-33,55H,2-6,11-22H2,1H3,(H2,44,62)(H,47,54)(H,49,63)(H,50,59)(H,51,65)(H,52,66)(H,53,64)(H,60,61)(H4,45,46,48)/t25-,26-,27+,30+,31+,32+,33+/m1/s1. The number of aliphatic imine (C=N–C) groups is 1. The van der Waals surface area contributed by atoms with E-state index in [-0.39, 0.29) is 79.4 Å². The van der Waals surface area contributed by atoms with Gasteiger partial charge in [-0.2, -0.15) is 0 Å². The molecule has 0 saturated carbocycles. The molecule has 380 valence electrons. The van der Waals surface area contributed by atoms with Crippen molar-refractivity contribution in [3.63, 3.8) is 0 Å². The number of phenolic OH excluding ortho intramolecular Hbond substituents is 1. The van der Waals surface area contributed by atoms with Crippen LogP contribution < -0.4 is 49.1 Å². The molecule has 3 rings (SSSR count). The molecule has 0 unspecified atom stereocenters. The Bertz CT molecular complexity index is 2060. The molecular weight excluding hydrogens is 961 g/mol. The molecule has 2 aliphatic heterocycles. The van der Waals surface area contributed by atoms with Crippen LogP contribution in [-0.2, 0) is 59.2 Å². The average molecular weight is 1020 g/mol. The lowest BCUT2D eigenvalue weighted by Crippen LogP contribution is -2.53. The zero-order valence-corrected chi connectivity index (χ0v) is 40.6. The number of carbonyl (C=O) groups is 11. The molecular formula is C43H62N10O13S3. The summed E-state index contributed by atoms with van der Waals surface area (Å²) >= 11 is 0.908. The molecule has 0 aliphatic carbocycles. The number of thioether (sulfide) groups is 1. The van der Waals surface area contributed by atoms with Crippen molar-refractivity contribution in [2.75, 3.05) is 42.6 Å². The van der Waals surface area contributed by atoms with E-state index in [0.717, 1.165) is 33.3 Å². The summed E-state index contributed by atoms with van der Waals surface area (Å²) in [6.07, 6.45) is -1.51. The minimum atomic E-state index is -1.51. The summed E-state index contributed by atoms with van der Waals surface area (Å²) in [4.78, 5) is 151. The van der Waals surface area contributed by atoms with E-state index >= 15 is 0 Å². The van der Waals surface area contributed by atoms with Gasteiger partial charge in [-0.1, -0.05) is 33.7 Å². The fourth-order valence-electron chi connectivity index (χ4n) is 7.18. The summed E-state index contributed by atoms with van der Waals surface area (Å²) in [6.45, 7) is 1.06. The molecule has 7 atom stereocenters. The Labute approximate surface area is 410 Å². The van der Waals surface area contributed by atoms with Gasteiger partial charge in [-0.3, -0.25) is 57.7 Å². The number of fused-ring (bicyclic) bond motifs is 5. The summed E-state index contributed by atoms with van der Waals surface area (Å²) in [5.74, 6) is -13.6. The number of ketones is 3. The number of Topliss-reactive ketones (excluding diaryl/α,β-unsaturated/α-hetero) is 3. The van der Waals surface area contributed by atoms with Gasteiger partial charge in [0.2, 0.25) is 41.4 Å². The van der Waals surface area contributed by atoms with E-state index in [2.05, 4.69) is 36.9 Å². The van der Waals surface area contributed by atoms with E-state index in [9.17, 15) is 63.0 Å². The van der Waals surface area contributed by atoms with Gasteiger partial charge in [-0.15, -0.1) is 11.8 Å². The van der Waals surface area contributed by atoms with Crippen LogP contribution in [0, 0.1) is 17.8 Å². The van der Waals surface area contributed by atoms with Crippen LogP contribution in [0.3, 0.4) is 0 Å². The molecule has 2 saturated heterocycles. The number of nitrogens with two attached hydrogens (primary N) is 3. The van der Waals surface area contributed by atoms with Gasteiger partial charge >= 0.3 is 5.97 Å². The van der Waals surface area contributed by atoms with Crippen molar-refractivity contribution >= 4 is 104 Å². The highest BCUT2D eigenvalue weighted by Gasteiger charge is 2.35. The SMILES string of the molecule is CC(=O)NCCCC[C@@H]1NC(=O)CSC[C@@H](C(N)=O)NC(=O)[C@H](Cc2ccc(O)cc2)CC(=O)[C@@H]2CSSC[C@H](NC1=O)C(=O)C[C@@H](CCCN=C(N)N)C(=O)NCC(=O)C[C@@H](CC(=O)O)C(=O)N2. The highest BCUT2D eigenvalue weighted by atomic mass is 33.1. The van der Waals surface area contributed by atoms with E-state index < -0.39 is 133 Å². The van der Waals surface area contributed by atoms with Crippen LogP contribution >= 0.6 is 33.3 Å². The number of guanidine groups is 1. The van der Waals surface area contributed by atoms with Gasteiger partial charge in [0.25, 0.3) is 0 Å². The van der Waals surface area contributed by atoms with Gasteiger partial charge in [0.05, 0.1) is 36.7 Å². The number of rotatable bonds is 14. The van der Waals surface area contributed by atoms with Gasteiger partial charge in [0.15, 0.2) is 23.3 Å². The molecule has 0 spiro atoms. The molecule has 0 radical (unpaired) electrons. The molecule has 2 fully saturated rings. The Morgan fingerprint density at radius 1 is 0.739 bits per heavy atom. The van der Waals surface area contributed by atoms with E-state index in [0.29, 0.717) is 18.4 Å². The number of carboxylic acid groups (broad SMARTS) is 1. The second kappa shape index (κ2) is 29.9. The van der Waals surface area contributed by atoms with Gasteiger partial charge in [-0.05, 0) is 56.2 Å². The van der Waals surface area contributed by atoms with Crippen molar-refractivity contribution in [2.45, 2.75) is 95.3 Å². The molecule has 26 heteroatoms. The molecule has 0 aromatic heterocycles. The minimum absolute atomic E-state index is 0.0476. The third kappa shape index (κ3) is 22.0. The molecule has 69 heavy (non-hydrogen) atoms. The third-order valence-electron chi connectivity index (χ3n) is 10.9. The minimum Gasteiger partial charge on any atom is -0.508 e. The molecule has 2 heterocycles. The maximum absolute atomic E-state index is 14.4. The van der Waals surface area contributed by atoms with Crippen LogP contribution in [0.5, 0.6) is 5.75 Å².